The molecule has 0 radical (unpaired) electrons. The molecule has 1 heterocycles. The third kappa shape index (κ3) is 1.42. The van der Waals surface area contributed by atoms with E-state index < -0.39 is 11.2 Å². The van der Waals surface area contributed by atoms with Crippen LogP contribution in [0.2, 0.25) is 0 Å². The van der Waals surface area contributed by atoms with Crippen LogP contribution >= 0.6 is 0 Å². The Labute approximate surface area is 86.7 Å². The van der Waals surface area contributed by atoms with Crippen LogP contribution in [0.4, 0.5) is 0 Å². The van der Waals surface area contributed by atoms with Gasteiger partial charge in [-0.1, -0.05) is 18.2 Å². The van der Waals surface area contributed by atoms with Crippen LogP contribution in [0.3, 0.4) is 0 Å². The van der Waals surface area contributed by atoms with E-state index in [2.05, 4.69) is 0 Å². The lowest BCUT2D eigenvalue weighted by molar-refractivity contribution is 0.587. The minimum Gasteiger partial charge on any atom is -0.610 e. The fourth-order valence-electron chi connectivity index (χ4n) is 1.63. The highest BCUT2D eigenvalue weighted by molar-refractivity contribution is 7.91. The molecule has 0 N–H and O–H groups in total. The SMILES string of the molecule is CC[S+]([O-])c1cc2ccccc2n1C. The molecule has 2 rings (SSSR count). The second-order valence-electron chi connectivity index (χ2n) is 3.23. The average molecular weight is 207 g/mol. The van der Waals surface area contributed by atoms with Crippen LogP contribution in [0.1, 0.15) is 6.92 Å². The minimum absolute atomic E-state index is 0.671. The molecule has 0 aliphatic heterocycles. The Morgan fingerprint density at radius 2 is 2.07 bits per heavy atom. The smallest absolute Gasteiger partial charge is 0.226 e. The van der Waals surface area contributed by atoms with Gasteiger partial charge in [-0.2, -0.15) is 0 Å². The second-order valence-corrected chi connectivity index (χ2v) is 4.92. The molecule has 1 aromatic carbocycles. The van der Waals surface area contributed by atoms with Crippen LogP contribution in [0.25, 0.3) is 10.9 Å². The quantitative estimate of drug-likeness (QED) is 0.694. The first-order chi connectivity index (χ1) is 6.74. The Balaban J connectivity index is 2.62. The molecule has 0 bridgehead atoms. The van der Waals surface area contributed by atoms with Gasteiger partial charge in [0.05, 0.1) is 5.52 Å². The van der Waals surface area contributed by atoms with E-state index in [4.69, 9.17) is 0 Å². The van der Waals surface area contributed by atoms with Gasteiger partial charge in [-0.25, -0.2) is 0 Å². The fourth-order valence-corrected chi connectivity index (χ4v) is 2.59. The van der Waals surface area contributed by atoms with E-state index in [-0.39, 0.29) is 0 Å². The van der Waals surface area contributed by atoms with E-state index in [1.54, 1.807) is 0 Å². The van der Waals surface area contributed by atoms with Crippen LogP contribution in [-0.2, 0) is 18.2 Å². The van der Waals surface area contributed by atoms with Gasteiger partial charge in [0.2, 0.25) is 5.03 Å². The summed E-state index contributed by atoms with van der Waals surface area (Å²) in [6.45, 7) is 1.94. The van der Waals surface area contributed by atoms with Crippen molar-refractivity contribution in [2.45, 2.75) is 11.9 Å². The fraction of sp³-hybridized carbons (Fsp3) is 0.273. The van der Waals surface area contributed by atoms with Gasteiger partial charge in [-0.05, 0) is 13.0 Å². The summed E-state index contributed by atoms with van der Waals surface area (Å²) < 4.78 is 13.7. The Hall–Kier alpha value is -0.930. The van der Waals surface area contributed by atoms with Gasteiger partial charge < -0.3 is 9.12 Å². The Morgan fingerprint density at radius 3 is 2.71 bits per heavy atom. The van der Waals surface area contributed by atoms with Crippen LogP contribution in [0.15, 0.2) is 35.4 Å². The molecule has 74 valence electrons. The zero-order valence-electron chi connectivity index (χ0n) is 8.36. The third-order valence-corrected chi connectivity index (χ3v) is 3.79. The lowest BCUT2D eigenvalue weighted by Crippen LogP contribution is -2.08. The maximum absolute atomic E-state index is 11.7. The summed E-state index contributed by atoms with van der Waals surface area (Å²) in [7, 11) is 1.96. The van der Waals surface area contributed by atoms with Gasteiger partial charge in [0.15, 0.2) is 0 Å². The van der Waals surface area contributed by atoms with Gasteiger partial charge in [0, 0.05) is 29.7 Å². The van der Waals surface area contributed by atoms with Gasteiger partial charge in [-0.15, -0.1) is 0 Å². The number of aryl methyl sites for hydroxylation is 1. The number of hydrogen-bond donors (Lipinski definition) is 0. The Morgan fingerprint density at radius 1 is 1.36 bits per heavy atom. The molecule has 2 nitrogen and oxygen atoms in total. The number of aromatic nitrogens is 1. The largest absolute Gasteiger partial charge is 0.610 e. The van der Waals surface area contributed by atoms with Crippen molar-refractivity contribution in [2.75, 3.05) is 5.75 Å². The van der Waals surface area contributed by atoms with E-state index in [1.807, 2.05) is 48.9 Å². The summed E-state index contributed by atoms with van der Waals surface area (Å²) in [5.41, 5.74) is 1.14. The molecule has 2 aromatic rings. The molecule has 14 heavy (non-hydrogen) atoms. The molecule has 1 atom stereocenters. The Kier molecular flexibility index (Phi) is 2.52. The highest BCUT2D eigenvalue weighted by Crippen LogP contribution is 2.22. The number of rotatable bonds is 2. The molecular formula is C11H13NOS. The molecule has 1 aromatic heterocycles. The summed E-state index contributed by atoms with van der Waals surface area (Å²) in [5.74, 6) is 0.671. The second kappa shape index (κ2) is 3.67. The van der Waals surface area contributed by atoms with Crippen molar-refractivity contribution in [3.63, 3.8) is 0 Å². The third-order valence-electron chi connectivity index (χ3n) is 2.40. The first-order valence-electron chi connectivity index (χ1n) is 4.67. The molecule has 1 unspecified atom stereocenters. The van der Waals surface area contributed by atoms with Crippen molar-refractivity contribution >= 4 is 22.1 Å². The van der Waals surface area contributed by atoms with Crippen LogP contribution in [0, 0.1) is 0 Å². The molecule has 0 amide bonds. The number of fused-ring (bicyclic) bond motifs is 1. The standard InChI is InChI=1S/C11H13NOS/c1-3-14(13)11-8-9-6-4-5-7-10(9)12(11)2/h4-8H,3H2,1-2H3. The summed E-state index contributed by atoms with van der Waals surface area (Å²) in [6, 6.07) is 10.1. The van der Waals surface area contributed by atoms with E-state index in [9.17, 15) is 4.55 Å². The van der Waals surface area contributed by atoms with Gasteiger partial charge >= 0.3 is 0 Å². The number of nitrogens with zero attached hydrogens (tertiary/aromatic N) is 1. The van der Waals surface area contributed by atoms with Crippen molar-refractivity contribution in [3.8, 4) is 0 Å². The summed E-state index contributed by atoms with van der Waals surface area (Å²) in [4.78, 5) is 0. The van der Waals surface area contributed by atoms with Crippen molar-refractivity contribution in [1.82, 2.24) is 4.57 Å². The monoisotopic (exact) mass is 207 g/mol. The zero-order chi connectivity index (χ0) is 10.1. The van der Waals surface area contributed by atoms with E-state index in [0.717, 1.165) is 15.9 Å². The van der Waals surface area contributed by atoms with Gasteiger partial charge in [-0.3, -0.25) is 0 Å². The average Bonchev–Trinajstić information content (AvgIpc) is 2.56. The normalized spacial score (nSPS) is 13.4. The van der Waals surface area contributed by atoms with Gasteiger partial charge in [0.1, 0.15) is 5.75 Å². The van der Waals surface area contributed by atoms with Crippen LogP contribution in [0.5, 0.6) is 0 Å². The zero-order valence-corrected chi connectivity index (χ0v) is 9.17. The maximum Gasteiger partial charge on any atom is 0.226 e. The predicted octanol–water partition coefficient (Wildman–Crippen LogP) is 2.31. The van der Waals surface area contributed by atoms with E-state index >= 15 is 0 Å². The van der Waals surface area contributed by atoms with Crippen molar-refractivity contribution in [1.29, 1.82) is 0 Å². The molecular weight excluding hydrogens is 194 g/mol. The van der Waals surface area contributed by atoms with Crippen LogP contribution in [-0.4, -0.2) is 14.9 Å². The maximum atomic E-state index is 11.7. The molecule has 0 saturated heterocycles. The first kappa shape index (κ1) is 9.62. The summed E-state index contributed by atoms with van der Waals surface area (Å²) >= 11 is -0.872. The molecule has 3 heteroatoms. The Bertz CT molecular complexity index is 449. The van der Waals surface area contributed by atoms with Crippen molar-refractivity contribution < 1.29 is 4.55 Å². The molecule has 0 spiro atoms. The lowest BCUT2D eigenvalue weighted by Gasteiger charge is -2.07. The summed E-state index contributed by atoms with van der Waals surface area (Å²) in [5, 5.41) is 2.07. The lowest BCUT2D eigenvalue weighted by atomic mass is 10.2. The van der Waals surface area contributed by atoms with Crippen molar-refractivity contribution in [2.24, 2.45) is 7.05 Å². The first-order valence-corrected chi connectivity index (χ1v) is 5.98. The van der Waals surface area contributed by atoms with E-state index in [0.29, 0.717) is 5.75 Å². The number of para-hydroxylation sites is 1. The number of hydrogen-bond acceptors (Lipinski definition) is 1. The highest BCUT2D eigenvalue weighted by atomic mass is 32.2. The molecule has 0 aliphatic carbocycles. The topological polar surface area (TPSA) is 28.0 Å². The van der Waals surface area contributed by atoms with Crippen LogP contribution < -0.4 is 0 Å². The predicted molar refractivity (Wildman–Crippen MR) is 59.9 cm³/mol. The summed E-state index contributed by atoms with van der Waals surface area (Å²) in [6.07, 6.45) is 0. The highest BCUT2D eigenvalue weighted by Gasteiger charge is 2.14. The minimum atomic E-state index is -0.872. The molecule has 0 fully saturated rings. The number of benzene rings is 1. The van der Waals surface area contributed by atoms with Crippen molar-refractivity contribution in [3.05, 3.63) is 30.3 Å². The molecule has 0 saturated carbocycles. The van der Waals surface area contributed by atoms with Gasteiger partial charge in [0.25, 0.3) is 0 Å². The molecule has 0 aliphatic rings. The van der Waals surface area contributed by atoms with E-state index in [1.165, 1.54) is 0 Å².